The minimum Gasteiger partial charge on any atom is -0.481 e. The Morgan fingerprint density at radius 1 is 1.32 bits per heavy atom. The van der Waals surface area contributed by atoms with Gasteiger partial charge < -0.3 is 10.4 Å². The zero-order chi connectivity index (χ0) is 14.3. The molecule has 0 aliphatic heterocycles. The third-order valence-electron chi connectivity index (χ3n) is 2.76. The monoisotopic (exact) mass is 281 g/mol. The van der Waals surface area contributed by atoms with Gasteiger partial charge in [0.1, 0.15) is 0 Å². The van der Waals surface area contributed by atoms with E-state index in [1.54, 1.807) is 11.8 Å². The fraction of sp³-hybridized carbons (Fsp3) is 0.429. The Kier molecular flexibility index (Phi) is 6.42. The molecule has 0 aliphatic rings. The van der Waals surface area contributed by atoms with Crippen LogP contribution in [0.2, 0.25) is 0 Å². The summed E-state index contributed by atoms with van der Waals surface area (Å²) in [6.07, 6.45) is 3.18. The maximum atomic E-state index is 11.1. The lowest BCUT2D eigenvalue weighted by molar-refractivity contribution is -0.137. The Labute approximate surface area is 117 Å². The number of thioether (sulfide) groups is 1. The molecule has 0 fully saturated rings. The van der Waals surface area contributed by atoms with E-state index in [9.17, 15) is 9.59 Å². The summed E-state index contributed by atoms with van der Waals surface area (Å²) in [5.41, 5.74) is 1.10. The van der Waals surface area contributed by atoms with Gasteiger partial charge in [0.25, 0.3) is 0 Å². The maximum absolute atomic E-state index is 11.1. The van der Waals surface area contributed by atoms with Gasteiger partial charge in [-0.3, -0.25) is 9.59 Å². The highest BCUT2D eigenvalue weighted by Gasteiger charge is 2.12. The number of carbonyl (C=O) groups excluding carboxylic acids is 1. The van der Waals surface area contributed by atoms with Gasteiger partial charge in [-0.2, -0.15) is 0 Å². The number of aliphatic carboxylic acids is 1. The van der Waals surface area contributed by atoms with Crippen LogP contribution in [0.25, 0.3) is 0 Å². The van der Waals surface area contributed by atoms with E-state index in [-0.39, 0.29) is 18.4 Å². The average molecular weight is 281 g/mol. The highest BCUT2D eigenvalue weighted by Crippen LogP contribution is 2.16. The van der Waals surface area contributed by atoms with Crippen LogP contribution in [-0.4, -0.2) is 29.3 Å². The van der Waals surface area contributed by atoms with Gasteiger partial charge in [0.05, 0.1) is 0 Å². The molecule has 0 aromatic heterocycles. The molecule has 0 saturated carbocycles. The molecule has 1 amide bonds. The van der Waals surface area contributed by atoms with E-state index in [4.69, 9.17) is 5.11 Å². The van der Waals surface area contributed by atoms with Gasteiger partial charge in [0.2, 0.25) is 5.91 Å². The SMILES string of the molecule is CSc1ccc(CC(CCC(=O)O)NC(C)=O)cc1. The Morgan fingerprint density at radius 2 is 1.95 bits per heavy atom. The Morgan fingerprint density at radius 3 is 2.42 bits per heavy atom. The minimum atomic E-state index is -0.840. The lowest BCUT2D eigenvalue weighted by Crippen LogP contribution is -2.35. The van der Waals surface area contributed by atoms with Gasteiger partial charge in [-0.05, 0) is 36.8 Å². The normalized spacial score (nSPS) is 11.9. The number of amides is 1. The summed E-state index contributed by atoms with van der Waals surface area (Å²) >= 11 is 1.67. The number of carboxylic acid groups (broad SMARTS) is 1. The molecule has 2 N–H and O–H groups in total. The van der Waals surface area contributed by atoms with Crippen molar-refractivity contribution in [1.29, 1.82) is 0 Å². The van der Waals surface area contributed by atoms with E-state index in [0.29, 0.717) is 12.8 Å². The second-order valence-electron chi connectivity index (χ2n) is 4.38. The summed E-state index contributed by atoms with van der Waals surface area (Å²) in [6, 6.07) is 7.96. The summed E-state index contributed by atoms with van der Waals surface area (Å²) in [6.45, 7) is 1.45. The predicted molar refractivity (Wildman–Crippen MR) is 76.4 cm³/mol. The van der Waals surface area contributed by atoms with Crippen molar-refractivity contribution in [1.82, 2.24) is 5.32 Å². The Balaban J connectivity index is 2.63. The largest absolute Gasteiger partial charge is 0.481 e. The van der Waals surface area contributed by atoms with Crippen molar-refractivity contribution in [3.05, 3.63) is 29.8 Å². The van der Waals surface area contributed by atoms with Gasteiger partial charge in [0, 0.05) is 24.3 Å². The van der Waals surface area contributed by atoms with Crippen LogP contribution in [0.1, 0.15) is 25.3 Å². The molecule has 0 saturated heterocycles. The van der Waals surface area contributed by atoms with Crippen molar-refractivity contribution in [2.45, 2.75) is 37.1 Å². The fourth-order valence-corrected chi connectivity index (χ4v) is 2.26. The summed E-state index contributed by atoms with van der Waals surface area (Å²) in [7, 11) is 0. The molecule has 4 nitrogen and oxygen atoms in total. The molecule has 0 bridgehead atoms. The minimum absolute atomic E-state index is 0.0633. The molecule has 1 rings (SSSR count). The van der Waals surface area contributed by atoms with E-state index in [2.05, 4.69) is 5.32 Å². The van der Waals surface area contributed by atoms with Crippen LogP contribution >= 0.6 is 11.8 Å². The first-order valence-electron chi connectivity index (χ1n) is 6.13. The van der Waals surface area contributed by atoms with Crippen molar-refractivity contribution in [3.8, 4) is 0 Å². The van der Waals surface area contributed by atoms with Crippen LogP contribution in [-0.2, 0) is 16.0 Å². The summed E-state index contributed by atoms with van der Waals surface area (Å²) in [5, 5.41) is 11.5. The van der Waals surface area contributed by atoms with Crippen LogP contribution in [0, 0.1) is 0 Å². The number of hydrogen-bond donors (Lipinski definition) is 2. The molecule has 1 atom stereocenters. The smallest absolute Gasteiger partial charge is 0.303 e. The summed E-state index contributed by atoms with van der Waals surface area (Å²) in [5.74, 6) is -0.968. The van der Waals surface area contributed by atoms with E-state index >= 15 is 0 Å². The van der Waals surface area contributed by atoms with Crippen LogP contribution in [0.4, 0.5) is 0 Å². The topological polar surface area (TPSA) is 66.4 Å². The average Bonchev–Trinajstić information content (AvgIpc) is 2.36. The van der Waals surface area contributed by atoms with Crippen LogP contribution < -0.4 is 5.32 Å². The van der Waals surface area contributed by atoms with Gasteiger partial charge in [0.15, 0.2) is 0 Å². The molecule has 1 aromatic rings. The molecule has 0 aliphatic carbocycles. The first-order chi connectivity index (χ1) is 9.01. The van der Waals surface area contributed by atoms with Gasteiger partial charge in [-0.25, -0.2) is 0 Å². The fourth-order valence-electron chi connectivity index (χ4n) is 1.86. The summed E-state index contributed by atoms with van der Waals surface area (Å²) < 4.78 is 0. The molecule has 1 aromatic carbocycles. The Bertz CT molecular complexity index is 431. The lowest BCUT2D eigenvalue weighted by Gasteiger charge is -2.17. The molecule has 104 valence electrons. The van der Waals surface area contributed by atoms with Crippen molar-refractivity contribution >= 4 is 23.6 Å². The number of carbonyl (C=O) groups is 2. The molecule has 0 radical (unpaired) electrons. The third-order valence-corrected chi connectivity index (χ3v) is 3.50. The van der Waals surface area contributed by atoms with Gasteiger partial charge in [-0.1, -0.05) is 12.1 Å². The van der Waals surface area contributed by atoms with Gasteiger partial charge in [-0.15, -0.1) is 11.8 Å². The zero-order valence-electron chi connectivity index (χ0n) is 11.2. The zero-order valence-corrected chi connectivity index (χ0v) is 12.0. The Hall–Kier alpha value is -1.49. The number of benzene rings is 1. The van der Waals surface area contributed by atoms with E-state index < -0.39 is 5.97 Å². The highest BCUT2D eigenvalue weighted by molar-refractivity contribution is 7.98. The molecule has 1 unspecified atom stereocenters. The van der Waals surface area contributed by atoms with Crippen LogP contribution in [0.3, 0.4) is 0 Å². The first-order valence-corrected chi connectivity index (χ1v) is 7.35. The second-order valence-corrected chi connectivity index (χ2v) is 5.26. The molecule has 5 heteroatoms. The lowest BCUT2D eigenvalue weighted by atomic mass is 10.0. The number of rotatable bonds is 7. The summed E-state index contributed by atoms with van der Waals surface area (Å²) in [4.78, 5) is 22.9. The third kappa shape index (κ3) is 6.29. The number of nitrogens with one attached hydrogen (secondary N) is 1. The number of hydrogen-bond acceptors (Lipinski definition) is 3. The molecule has 19 heavy (non-hydrogen) atoms. The standard InChI is InChI=1S/C14H19NO3S/c1-10(16)15-12(5-8-14(17)18)9-11-3-6-13(19-2)7-4-11/h3-4,6-7,12H,5,8-9H2,1-2H3,(H,15,16)(H,17,18). The van der Waals surface area contributed by atoms with Crippen molar-refractivity contribution in [2.24, 2.45) is 0 Å². The van der Waals surface area contributed by atoms with E-state index in [1.165, 1.54) is 11.8 Å². The molecular weight excluding hydrogens is 262 g/mol. The van der Waals surface area contributed by atoms with Crippen molar-refractivity contribution in [2.75, 3.05) is 6.26 Å². The number of carboxylic acids is 1. The highest BCUT2D eigenvalue weighted by atomic mass is 32.2. The van der Waals surface area contributed by atoms with Gasteiger partial charge >= 0.3 is 5.97 Å². The predicted octanol–water partition coefficient (Wildman–Crippen LogP) is 2.32. The molecular formula is C14H19NO3S. The quantitative estimate of drug-likeness (QED) is 0.753. The van der Waals surface area contributed by atoms with Crippen LogP contribution in [0.15, 0.2) is 29.2 Å². The van der Waals surface area contributed by atoms with E-state index in [0.717, 1.165) is 5.56 Å². The molecule has 0 heterocycles. The van der Waals surface area contributed by atoms with Crippen molar-refractivity contribution < 1.29 is 14.7 Å². The maximum Gasteiger partial charge on any atom is 0.303 e. The first kappa shape index (κ1) is 15.6. The molecule has 0 spiro atoms. The van der Waals surface area contributed by atoms with E-state index in [1.807, 2.05) is 30.5 Å². The second kappa shape index (κ2) is 7.84. The van der Waals surface area contributed by atoms with Crippen molar-refractivity contribution in [3.63, 3.8) is 0 Å². The van der Waals surface area contributed by atoms with Crippen LogP contribution in [0.5, 0.6) is 0 Å².